The van der Waals surface area contributed by atoms with Crippen LogP contribution in [-0.2, 0) is 0 Å². The van der Waals surface area contributed by atoms with E-state index in [4.69, 9.17) is 0 Å². The number of aromatic nitrogens is 4. The highest BCUT2D eigenvalue weighted by atomic mass is 19.1. The van der Waals surface area contributed by atoms with Crippen LogP contribution in [0.4, 0.5) is 4.39 Å². The van der Waals surface area contributed by atoms with Crippen LogP contribution >= 0.6 is 0 Å². The summed E-state index contributed by atoms with van der Waals surface area (Å²) >= 11 is 0. The zero-order valence-corrected chi connectivity index (χ0v) is 9.34. The second-order valence-electron chi connectivity index (χ2n) is 3.77. The average molecular weight is 240 g/mol. The summed E-state index contributed by atoms with van der Waals surface area (Å²) in [6.07, 6.45) is 2.68. The Bertz CT molecular complexity index is 664. The lowest BCUT2D eigenvalue weighted by atomic mass is 10.2. The summed E-state index contributed by atoms with van der Waals surface area (Å²) in [6, 6.07) is 11.0. The molecule has 0 saturated carbocycles. The van der Waals surface area contributed by atoms with Crippen molar-refractivity contribution in [3.63, 3.8) is 0 Å². The van der Waals surface area contributed by atoms with Gasteiger partial charge in [0, 0.05) is 17.3 Å². The van der Waals surface area contributed by atoms with Gasteiger partial charge in [-0.2, -0.15) is 5.10 Å². The number of hydrogen-bond donors (Lipinski definition) is 1. The quantitative estimate of drug-likeness (QED) is 0.749. The van der Waals surface area contributed by atoms with Crippen LogP contribution in [0.2, 0.25) is 0 Å². The van der Waals surface area contributed by atoms with Gasteiger partial charge in [-0.05, 0) is 6.07 Å². The molecule has 88 valence electrons. The minimum Gasteiger partial charge on any atom is -0.261 e. The first kappa shape index (κ1) is 10.6. The largest absolute Gasteiger partial charge is 0.261 e. The highest BCUT2D eigenvalue weighted by molar-refractivity contribution is 5.60. The van der Waals surface area contributed by atoms with E-state index in [1.165, 1.54) is 12.3 Å². The maximum atomic E-state index is 13.1. The van der Waals surface area contributed by atoms with Crippen molar-refractivity contribution in [3.8, 4) is 22.8 Å². The van der Waals surface area contributed by atoms with E-state index in [1.807, 2.05) is 30.3 Å². The Balaban J connectivity index is 2.00. The molecule has 0 fully saturated rings. The standard InChI is InChI=1S/C13H9FN4/c14-11-6-10(7-15-8-11)13-16-12(17-18-13)9-4-2-1-3-5-9/h1-8H,(H,16,17,18). The molecule has 18 heavy (non-hydrogen) atoms. The van der Waals surface area contributed by atoms with E-state index >= 15 is 0 Å². The summed E-state index contributed by atoms with van der Waals surface area (Å²) in [5.41, 5.74) is 1.48. The molecule has 1 N–H and O–H groups in total. The molecule has 0 aliphatic carbocycles. The van der Waals surface area contributed by atoms with Gasteiger partial charge in [0.2, 0.25) is 0 Å². The number of nitrogens with one attached hydrogen (secondary N) is 1. The molecule has 0 bridgehead atoms. The number of H-pyrrole nitrogens is 1. The Morgan fingerprint density at radius 3 is 2.61 bits per heavy atom. The third kappa shape index (κ3) is 1.98. The SMILES string of the molecule is Fc1cncc(-c2n[nH]c(-c3ccccc3)n2)c1. The van der Waals surface area contributed by atoms with Crippen molar-refractivity contribution < 1.29 is 4.39 Å². The maximum Gasteiger partial charge on any atom is 0.183 e. The van der Waals surface area contributed by atoms with E-state index in [0.29, 0.717) is 17.2 Å². The molecule has 2 heterocycles. The van der Waals surface area contributed by atoms with Gasteiger partial charge >= 0.3 is 0 Å². The van der Waals surface area contributed by atoms with Crippen molar-refractivity contribution in [1.29, 1.82) is 0 Å². The molecule has 0 aliphatic heterocycles. The molecule has 5 heteroatoms. The summed E-state index contributed by atoms with van der Waals surface area (Å²) in [7, 11) is 0. The Labute approximate surface area is 103 Å². The summed E-state index contributed by atoms with van der Waals surface area (Å²) in [4.78, 5) is 8.09. The van der Waals surface area contributed by atoms with E-state index in [0.717, 1.165) is 11.8 Å². The van der Waals surface area contributed by atoms with Crippen molar-refractivity contribution in [2.75, 3.05) is 0 Å². The van der Waals surface area contributed by atoms with Gasteiger partial charge in [-0.1, -0.05) is 30.3 Å². The van der Waals surface area contributed by atoms with Crippen LogP contribution in [0.25, 0.3) is 22.8 Å². The first-order valence-corrected chi connectivity index (χ1v) is 5.42. The molecule has 0 amide bonds. The fourth-order valence-corrected chi connectivity index (χ4v) is 1.65. The highest BCUT2D eigenvalue weighted by Crippen LogP contribution is 2.19. The summed E-state index contributed by atoms with van der Waals surface area (Å²) in [5, 5.41) is 6.89. The normalized spacial score (nSPS) is 10.5. The van der Waals surface area contributed by atoms with Crippen LogP contribution in [0.1, 0.15) is 0 Å². The van der Waals surface area contributed by atoms with E-state index in [-0.39, 0.29) is 0 Å². The Kier molecular flexibility index (Phi) is 2.57. The Morgan fingerprint density at radius 2 is 1.83 bits per heavy atom. The van der Waals surface area contributed by atoms with Crippen LogP contribution in [0.3, 0.4) is 0 Å². The molecule has 0 atom stereocenters. The van der Waals surface area contributed by atoms with Gasteiger partial charge in [-0.25, -0.2) is 9.37 Å². The minimum absolute atomic E-state index is 0.404. The molecule has 3 rings (SSSR count). The molecule has 4 nitrogen and oxygen atoms in total. The number of hydrogen-bond acceptors (Lipinski definition) is 3. The van der Waals surface area contributed by atoms with Crippen molar-refractivity contribution >= 4 is 0 Å². The second-order valence-corrected chi connectivity index (χ2v) is 3.77. The number of aromatic amines is 1. The van der Waals surface area contributed by atoms with Gasteiger partial charge in [0.1, 0.15) is 5.82 Å². The van der Waals surface area contributed by atoms with Gasteiger partial charge < -0.3 is 0 Å². The van der Waals surface area contributed by atoms with E-state index in [2.05, 4.69) is 20.2 Å². The molecule has 0 spiro atoms. The van der Waals surface area contributed by atoms with Crippen LogP contribution in [0, 0.1) is 5.82 Å². The second kappa shape index (κ2) is 4.37. The number of halogens is 1. The molecule has 0 unspecified atom stereocenters. The van der Waals surface area contributed by atoms with Crippen LogP contribution in [0.5, 0.6) is 0 Å². The minimum atomic E-state index is -0.404. The smallest absolute Gasteiger partial charge is 0.183 e. The number of benzene rings is 1. The Hall–Kier alpha value is -2.56. The molecule has 0 radical (unpaired) electrons. The number of nitrogens with zero attached hydrogens (tertiary/aromatic N) is 3. The van der Waals surface area contributed by atoms with Crippen molar-refractivity contribution in [3.05, 3.63) is 54.6 Å². The van der Waals surface area contributed by atoms with Crippen LogP contribution < -0.4 is 0 Å². The van der Waals surface area contributed by atoms with Gasteiger partial charge in [-0.3, -0.25) is 10.1 Å². The maximum absolute atomic E-state index is 13.1. The van der Waals surface area contributed by atoms with E-state index in [9.17, 15) is 4.39 Å². The predicted octanol–water partition coefficient (Wildman–Crippen LogP) is 2.67. The lowest BCUT2D eigenvalue weighted by Gasteiger charge is -1.94. The summed E-state index contributed by atoms with van der Waals surface area (Å²) in [6.45, 7) is 0. The zero-order chi connectivity index (χ0) is 12.4. The topological polar surface area (TPSA) is 54.5 Å². The molecule has 0 aliphatic rings. The first-order valence-electron chi connectivity index (χ1n) is 5.42. The molecule has 1 aromatic carbocycles. The van der Waals surface area contributed by atoms with Crippen molar-refractivity contribution in [2.24, 2.45) is 0 Å². The zero-order valence-electron chi connectivity index (χ0n) is 9.34. The first-order chi connectivity index (χ1) is 8.83. The van der Waals surface area contributed by atoms with Gasteiger partial charge in [0.25, 0.3) is 0 Å². The fourth-order valence-electron chi connectivity index (χ4n) is 1.65. The lowest BCUT2D eigenvalue weighted by molar-refractivity contribution is 0.622. The van der Waals surface area contributed by atoms with Gasteiger partial charge in [0.05, 0.1) is 6.20 Å². The molecular formula is C13H9FN4. The molecular weight excluding hydrogens is 231 g/mol. The van der Waals surface area contributed by atoms with Crippen LogP contribution in [0.15, 0.2) is 48.8 Å². The van der Waals surface area contributed by atoms with Crippen molar-refractivity contribution in [1.82, 2.24) is 20.2 Å². The Morgan fingerprint density at radius 1 is 1.00 bits per heavy atom. The van der Waals surface area contributed by atoms with Crippen molar-refractivity contribution in [2.45, 2.75) is 0 Å². The third-order valence-electron chi connectivity index (χ3n) is 2.50. The molecule has 2 aromatic heterocycles. The molecule has 0 saturated heterocycles. The summed E-state index contributed by atoms with van der Waals surface area (Å²) in [5.74, 6) is 0.675. The number of rotatable bonds is 2. The average Bonchev–Trinajstić information content (AvgIpc) is 2.89. The van der Waals surface area contributed by atoms with Crippen LogP contribution in [-0.4, -0.2) is 20.2 Å². The molecule has 3 aromatic rings. The fraction of sp³-hybridized carbons (Fsp3) is 0. The monoisotopic (exact) mass is 240 g/mol. The van der Waals surface area contributed by atoms with E-state index in [1.54, 1.807) is 0 Å². The van der Waals surface area contributed by atoms with Gasteiger partial charge in [-0.15, -0.1) is 0 Å². The summed E-state index contributed by atoms with van der Waals surface area (Å²) < 4.78 is 13.1. The highest BCUT2D eigenvalue weighted by Gasteiger charge is 2.08. The predicted molar refractivity (Wildman–Crippen MR) is 65.0 cm³/mol. The van der Waals surface area contributed by atoms with Gasteiger partial charge in [0.15, 0.2) is 11.6 Å². The number of pyridine rings is 1. The third-order valence-corrected chi connectivity index (χ3v) is 2.50. The lowest BCUT2D eigenvalue weighted by Crippen LogP contribution is -1.85. The van der Waals surface area contributed by atoms with E-state index < -0.39 is 5.82 Å².